The Kier molecular flexibility index (Phi) is 7.03. The smallest absolute Gasteiger partial charge is 0.276 e. The van der Waals surface area contributed by atoms with E-state index in [1.54, 1.807) is 4.68 Å². The molecule has 1 atom stereocenters. The number of nitrogens with zero attached hydrogens (tertiary/aromatic N) is 4. The Labute approximate surface area is 165 Å². The third kappa shape index (κ3) is 4.19. The molecule has 1 amide bonds. The zero-order valence-corrected chi connectivity index (χ0v) is 16.6. The van der Waals surface area contributed by atoms with Crippen molar-refractivity contribution >= 4 is 29.9 Å². The molecule has 1 fully saturated rings. The summed E-state index contributed by atoms with van der Waals surface area (Å²) < 4.78 is 1.70. The van der Waals surface area contributed by atoms with Crippen molar-refractivity contribution < 1.29 is 4.79 Å². The molecule has 1 aromatic carbocycles. The lowest BCUT2D eigenvalue weighted by molar-refractivity contribution is 0.0674. The second kappa shape index (κ2) is 8.84. The summed E-state index contributed by atoms with van der Waals surface area (Å²) in [5.41, 5.74) is 8.04. The molecule has 0 aliphatic carbocycles. The molecule has 1 aliphatic rings. The van der Waals surface area contributed by atoms with Crippen molar-refractivity contribution in [2.24, 2.45) is 11.7 Å². The van der Waals surface area contributed by atoms with E-state index in [0.29, 0.717) is 23.1 Å². The Morgan fingerprint density at radius 1 is 1.38 bits per heavy atom. The summed E-state index contributed by atoms with van der Waals surface area (Å²) in [4.78, 5) is 14.8. The Bertz CT molecular complexity index is 754. The molecule has 1 unspecified atom stereocenters. The zero-order valence-electron chi connectivity index (χ0n) is 15.1. The molecule has 1 saturated heterocycles. The van der Waals surface area contributed by atoms with E-state index in [2.05, 4.69) is 10.3 Å². The molecule has 142 valence electrons. The summed E-state index contributed by atoms with van der Waals surface area (Å²) in [6.07, 6.45) is 2.54. The number of hydrogen-bond donors (Lipinski definition) is 1. The lowest BCUT2D eigenvalue weighted by Crippen LogP contribution is -2.42. The Morgan fingerprint density at radius 3 is 2.65 bits per heavy atom. The maximum atomic E-state index is 12.9. The van der Waals surface area contributed by atoms with E-state index in [9.17, 15) is 4.79 Å². The highest BCUT2D eigenvalue weighted by Crippen LogP contribution is 2.23. The van der Waals surface area contributed by atoms with Crippen LogP contribution in [0.4, 0.5) is 0 Å². The van der Waals surface area contributed by atoms with Crippen molar-refractivity contribution in [3.05, 3.63) is 40.7 Å². The van der Waals surface area contributed by atoms with Crippen molar-refractivity contribution in [2.75, 3.05) is 13.1 Å². The monoisotopic (exact) mass is 397 g/mol. The van der Waals surface area contributed by atoms with Crippen LogP contribution in [0.1, 0.15) is 42.9 Å². The fourth-order valence-corrected chi connectivity index (χ4v) is 3.56. The number of aromatic nitrogens is 3. The van der Waals surface area contributed by atoms with Crippen LogP contribution in [0.3, 0.4) is 0 Å². The molecule has 0 bridgehead atoms. The molecule has 3 rings (SSSR count). The van der Waals surface area contributed by atoms with Gasteiger partial charge in [-0.15, -0.1) is 17.5 Å². The lowest BCUT2D eigenvalue weighted by atomic mass is 9.91. The quantitative estimate of drug-likeness (QED) is 0.859. The van der Waals surface area contributed by atoms with Crippen molar-refractivity contribution in [3.63, 3.8) is 0 Å². The van der Waals surface area contributed by atoms with Gasteiger partial charge in [-0.2, -0.15) is 0 Å². The van der Waals surface area contributed by atoms with Gasteiger partial charge in [0, 0.05) is 24.2 Å². The first kappa shape index (κ1) is 20.7. The van der Waals surface area contributed by atoms with E-state index in [1.807, 2.05) is 43.0 Å². The van der Waals surface area contributed by atoms with Crippen LogP contribution in [-0.4, -0.2) is 44.9 Å². The summed E-state index contributed by atoms with van der Waals surface area (Å²) in [5, 5.41) is 9.00. The standard InChI is InChI=1S/C18H24ClN5O.ClH/c1-3-16-17(18(25)23-9-7-13(8-10-23)12(2)20)21-22-24(16)15-6-4-5-14(19)11-15;/h4-6,11-13H,3,7-10,20H2,1-2H3;1H. The first-order valence-corrected chi connectivity index (χ1v) is 9.14. The predicted octanol–water partition coefficient (Wildman–Crippen LogP) is 3.10. The highest BCUT2D eigenvalue weighted by Gasteiger charge is 2.29. The third-order valence-electron chi connectivity index (χ3n) is 4.92. The number of rotatable bonds is 4. The SMILES string of the molecule is CCc1c(C(=O)N2CCC(C(C)N)CC2)nnn1-c1cccc(Cl)c1.Cl. The molecule has 0 radical (unpaired) electrons. The number of carbonyl (C=O) groups excluding carboxylic acids is 1. The summed E-state index contributed by atoms with van der Waals surface area (Å²) in [6, 6.07) is 7.56. The maximum Gasteiger partial charge on any atom is 0.276 e. The van der Waals surface area contributed by atoms with E-state index in [4.69, 9.17) is 17.3 Å². The number of likely N-dealkylation sites (tertiary alicyclic amines) is 1. The molecule has 2 N–H and O–H groups in total. The van der Waals surface area contributed by atoms with Gasteiger partial charge in [0.2, 0.25) is 0 Å². The molecule has 26 heavy (non-hydrogen) atoms. The van der Waals surface area contributed by atoms with Gasteiger partial charge in [-0.25, -0.2) is 4.68 Å². The number of amides is 1. The van der Waals surface area contributed by atoms with Gasteiger partial charge in [-0.1, -0.05) is 29.8 Å². The molecule has 8 heteroatoms. The second-order valence-corrected chi connectivity index (χ2v) is 7.06. The summed E-state index contributed by atoms with van der Waals surface area (Å²) in [7, 11) is 0. The van der Waals surface area contributed by atoms with Gasteiger partial charge in [0.1, 0.15) is 0 Å². The molecular formula is C18H25Cl2N5O. The highest BCUT2D eigenvalue weighted by molar-refractivity contribution is 6.30. The van der Waals surface area contributed by atoms with Gasteiger partial charge in [0.25, 0.3) is 5.91 Å². The Balaban J connectivity index is 0.00000243. The Morgan fingerprint density at radius 2 is 2.08 bits per heavy atom. The number of halogens is 2. The third-order valence-corrected chi connectivity index (χ3v) is 5.16. The molecule has 1 aromatic heterocycles. The van der Waals surface area contributed by atoms with Gasteiger partial charge >= 0.3 is 0 Å². The van der Waals surface area contributed by atoms with E-state index >= 15 is 0 Å². The fraction of sp³-hybridized carbons (Fsp3) is 0.500. The van der Waals surface area contributed by atoms with E-state index in [1.165, 1.54) is 0 Å². The number of piperidine rings is 1. The summed E-state index contributed by atoms with van der Waals surface area (Å²) >= 11 is 6.07. The van der Waals surface area contributed by atoms with Crippen molar-refractivity contribution in [2.45, 2.75) is 39.2 Å². The number of carbonyl (C=O) groups is 1. The maximum absolute atomic E-state index is 12.9. The number of benzene rings is 1. The minimum absolute atomic E-state index is 0. The fourth-order valence-electron chi connectivity index (χ4n) is 3.38. The van der Waals surface area contributed by atoms with Gasteiger partial charge in [-0.05, 0) is 50.3 Å². The van der Waals surface area contributed by atoms with Crippen LogP contribution in [0.25, 0.3) is 5.69 Å². The molecular weight excluding hydrogens is 373 g/mol. The largest absolute Gasteiger partial charge is 0.337 e. The summed E-state index contributed by atoms with van der Waals surface area (Å²) in [5.74, 6) is 0.435. The number of nitrogens with two attached hydrogens (primary N) is 1. The van der Waals surface area contributed by atoms with Gasteiger partial charge < -0.3 is 10.6 Å². The van der Waals surface area contributed by atoms with Crippen molar-refractivity contribution in [3.8, 4) is 5.69 Å². The van der Waals surface area contributed by atoms with Crippen LogP contribution in [0, 0.1) is 5.92 Å². The van der Waals surface area contributed by atoms with Crippen LogP contribution >= 0.6 is 24.0 Å². The normalized spacial score (nSPS) is 16.2. The highest BCUT2D eigenvalue weighted by atomic mass is 35.5. The van der Waals surface area contributed by atoms with Crippen LogP contribution in [0.2, 0.25) is 5.02 Å². The molecule has 0 spiro atoms. The average Bonchev–Trinajstić information content (AvgIpc) is 3.05. The van der Waals surface area contributed by atoms with E-state index in [0.717, 1.165) is 37.3 Å². The topological polar surface area (TPSA) is 77.0 Å². The van der Waals surface area contributed by atoms with Gasteiger partial charge in [-0.3, -0.25) is 4.79 Å². The van der Waals surface area contributed by atoms with E-state index < -0.39 is 0 Å². The lowest BCUT2D eigenvalue weighted by Gasteiger charge is -2.33. The average molecular weight is 398 g/mol. The van der Waals surface area contributed by atoms with Gasteiger partial charge in [0.05, 0.1) is 11.4 Å². The number of hydrogen-bond acceptors (Lipinski definition) is 4. The molecule has 1 aliphatic heterocycles. The van der Waals surface area contributed by atoms with Crippen LogP contribution in [-0.2, 0) is 6.42 Å². The molecule has 2 heterocycles. The van der Waals surface area contributed by atoms with Crippen LogP contribution in [0.5, 0.6) is 0 Å². The van der Waals surface area contributed by atoms with Crippen LogP contribution < -0.4 is 5.73 Å². The van der Waals surface area contributed by atoms with Gasteiger partial charge in [0.15, 0.2) is 5.69 Å². The molecule has 0 saturated carbocycles. The Hall–Kier alpha value is -1.63. The van der Waals surface area contributed by atoms with Crippen molar-refractivity contribution in [1.29, 1.82) is 0 Å². The second-order valence-electron chi connectivity index (χ2n) is 6.62. The molecule has 2 aromatic rings. The minimum atomic E-state index is -0.0479. The molecule has 6 nitrogen and oxygen atoms in total. The van der Waals surface area contributed by atoms with Crippen molar-refractivity contribution in [1.82, 2.24) is 19.9 Å². The predicted molar refractivity (Wildman–Crippen MR) is 105 cm³/mol. The van der Waals surface area contributed by atoms with E-state index in [-0.39, 0.29) is 24.4 Å². The summed E-state index contributed by atoms with van der Waals surface area (Å²) in [6.45, 7) is 5.48. The first-order valence-electron chi connectivity index (χ1n) is 8.76. The first-order chi connectivity index (χ1) is 12.0. The minimum Gasteiger partial charge on any atom is -0.337 e. The van der Waals surface area contributed by atoms with Crippen LogP contribution in [0.15, 0.2) is 24.3 Å². The zero-order chi connectivity index (χ0) is 18.0.